The Labute approximate surface area is 191 Å². The van der Waals surface area contributed by atoms with Crippen LogP contribution in [0.4, 0.5) is 0 Å². The first-order valence-corrected chi connectivity index (χ1v) is 11.3. The molecule has 1 aromatic heterocycles. The molecule has 4 aromatic rings. The molecule has 0 bridgehead atoms. The summed E-state index contributed by atoms with van der Waals surface area (Å²) in [6, 6.07) is 20.9. The number of aliphatic hydroxyl groups excluding tert-OH is 1. The van der Waals surface area contributed by atoms with Crippen LogP contribution >= 0.6 is 15.9 Å². The van der Waals surface area contributed by atoms with Crippen molar-refractivity contribution in [2.24, 2.45) is 0 Å². The van der Waals surface area contributed by atoms with Crippen molar-refractivity contribution in [1.29, 1.82) is 0 Å². The molecule has 0 aliphatic carbocycles. The highest BCUT2D eigenvalue weighted by Crippen LogP contribution is 2.38. The number of rotatable bonds is 7. The third kappa shape index (κ3) is 4.25. The summed E-state index contributed by atoms with van der Waals surface area (Å²) in [5.41, 5.74) is 6.39. The Balaban J connectivity index is 1.89. The molecule has 0 atom stereocenters. The van der Waals surface area contributed by atoms with E-state index in [0.29, 0.717) is 12.5 Å². The van der Waals surface area contributed by atoms with E-state index in [1.165, 1.54) is 11.1 Å². The molecule has 0 aliphatic rings. The van der Waals surface area contributed by atoms with Crippen molar-refractivity contribution in [3.8, 4) is 17.1 Å². The Bertz CT molecular complexity index is 1180. The maximum atomic E-state index is 9.77. The van der Waals surface area contributed by atoms with Gasteiger partial charge in [0.25, 0.3) is 0 Å². The van der Waals surface area contributed by atoms with Gasteiger partial charge in [-0.1, -0.05) is 68.4 Å². The molecule has 0 saturated carbocycles. The van der Waals surface area contributed by atoms with Crippen LogP contribution in [0.1, 0.15) is 36.5 Å². The highest BCUT2D eigenvalue weighted by Gasteiger charge is 2.21. The average Bonchev–Trinajstić information content (AvgIpc) is 3.16. The van der Waals surface area contributed by atoms with Gasteiger partial charge in [0.1, 0.15) is 22.6 Å². The van der Waals surface area contributed by atoms with E-state index in [0.717, 1.165) is 44.6 Å². The molecule has 0 radical (unpaired) electrons. The third-order valence-corrected chi connectivity index (χ3v) is 6.50. The van der Waals surface area contributed by atoms with Crippen molar-refractivity contribution in [3.63, 3.8) is 0 Å². The zero-order chi connectivity index (χ0) is 22.0. The van der Waals surface area contributed by atoms with Gasteiger partial charge in [-0.15, -0.1) is 0 Å². The van der Waals surface area contributed by atoms with Gasteiger partial charge in [0.2, 0.25) is 0 Å². The zero-order valence-electron chi connectivity index (χ0n) is 18.1. The van der Waals surface area contributed by atoms with Gasteiger partial charge in [0, 0.05) is 16.6 Å². The van der Waals surface area contributed by atoms with Crippen LogP contribution in [-0.2, 0) is 13.0 Å². The van der Waals surface area contributed by atoms with Gasteiger partial charge in [-0.05, 0) is 51.0 Å². The fraction of sp³-hybridized carbons (Fsp3) is 0.269. The summed E-state index contributed by atoms with van der Waals surface area (Å²) in [4.78, 5) is 5.01. The standard InChI is InChI=1S/C26H27BrN2O2/c1-17(2)19-9-11-20(12-10-19)26-28-24-23(27)21(15-18-7-5-4-6-8-18)16-22(31-3)25(24)29(26)13-14-30/h4-12,16-17,30H,13-15H2,1-3H3. The van der Waals surface area contributed by atoms with Crippen LogP contribution in [0.3, 0.4) is 0 Å². The van der Waals surface area contributed by atoms with Gasteiger partial charge in [-0.2, -0.15) is 0 Å². The monoisotopic (exact) mass is 478 g/mol. The van der Waals surface area contributed by atoms with E-state index in [-0.39, 0.29) is 6.61 Å². The first-order chi connectivity index (χ1) is 15.0. The molecular formula is C26H27BrN2O2. The number of hydrogen-bond donors (Lipinski definition) is 1. The first-order valence-electron chi connectivity index (χ1n) is 10.5. The number of aromatic nitrogens is 2. The van der Waals surface area contributed by atoms with E-state index < -0.39 is 0 Å². The van der Waals surface area contributed by atoms with Gasteiger partial charge in [0.05, 0.1) is 13.7 Å². The van der Waals surface area contributed by atoms with E-state index >= 15 is 0 Å². The van der Waals surface area contributed by atoms with E-state index in [9.17, 15) is 5.11 Å². The number of halogens is 1. The van der Waals surface area contributed by atoms with Gasteiger partial charge >= 0.3 is 0 Å². The number of methoxy groups -OCH3 is 1. The predicted octanol–water partition coefficient (Wildman–Crippen LogP) is 6.18. The topological polar surface area (TPSA) is 47.3 Å². The van der Waals surface area contributed by atoms with Gasteiger partial charge in [-0.3, -0.25) is 0 Å². The second-order valence-corrected chi connectivity index (χ2v) is 8.79. The number of benzene rings is 3. The van der Waals surface area contributed by atoms with Crippen molar-refractivity contribution in [2.45, 2.75) is 32.7 Å². The number of nitrogens with zero attached hydrogens (tertiary/aromatic N) is 2. The van der Waals surface area contributed by atoms with E-state index in [1.54, 1.807) is 7.11 Å². The van der Waals surface area contributed by atoms with Crippen LogP contribution in [0.2, 0.25) is 0 Å². The fourth-order valence-corrected chi connectivity index (χ4v) is 4.48. The molecule has 4 nitrogen and oxygen atoms in total. The lowest BCUT2D eigenvalue weighted by Gasteiger charge is -2.13. The smallest absolute Gasteiger partial charge is 0.145 e. The summed E-state index contributed by atoms with van der Waals surface area (Å²) < 4.78 is 8.80. The first kappa shape index (κ1) is 21.6. The largest absolute Gasteiger partial charge is 0.494 e. The summed E-state index contributed by atoms with van der Waals surface area (Å²) in [7, 11) is 1.68. The Hall–Kier alpha value is -2.63. The predicted molar refractivity (Wildman–Crippen MR) is 130 cm³/mol. The van der Waals surface area contributed by atoms with Gasteiger partial charge in [-0.25, -0.2) is 4.98 Å². The normalized spacial score (nSPS) is 11.4. The molecular weight excluding hydrogens is 452 g/mol. The lowest BCUT2D eigenvalue weighted by atomic mass is 10.0. The number of fused-ring (bicyclic) bond motifs is 1. The molecule has 160 valence electrons. The molecule has 5 heteroatoms. The fourth-order valence-electron chi connectivity index (χ4n) is 3.95. The summed E-state index contributed by atoms with van der Waals surface area (Å²) in [5.74, 6) is 2.06. The number of aliphatic hydroxyl groups is 1. The molecule has 31 heavy (non-hydrogen) atoms. The Morgan fingerprint density at radius 2 is 1.77 bits per heavy atom. The van der Waals surface area contributed by atoms with Crippen LogP contribution < -0.4 is 4.74 Å². The Kier molecular flexibility index (Phi) is 6.44. The van der Waals surface area contributed by atoms with Crippen molar-refractivity contribution < 1.29 is 9.84 Å². The van der Waals surface area contributed by atoms with Gasteiger partial charge < -0.3 is 14.4 Å². The molecule has 0 unspecified atom stereocenters. The van der Waals surface area contributed by atoms with Crippen LogP contribution in [0, 0.1) is 0 Å². The van der Waals surface area contributed by atoms with Crippen LogP contribution in [0.25, 0.3) is 22.4 Å². The molecule has 1 N–H and O–H groups in total. The minimum atomic E-state index is 0.0229. The summed E-state index contributed by atoms with van der Waals surface area (Å²) in [5, 5.41) is 9.77. The maximum Gasteiger partial charge on any atom is 0.145 e. The van der Waals surface area contributed by atoms with Crippen molar-refractivity contribution in [2.75, 3.05) is 13.7 Å². The lowest BCUT2D eigenvalue weighted by Crippen LogP contribution is -2.05. The van der Waals surface area contributed by atoms with Crippen LogP contribution in [0.15, 0.2) is 65.1 Å². The summed E-state index contributed by atoms with van der Waals surface area (Å²) >= 11 is 3.81. The van der Waals surface area contributed by atoms with E-state index in [1.807, 2.05) is 18.2 Å². The summed E-state index contributed by atoms with van der Waals surface area (Å²) in [6.45, 7) is 4.84. The van der Waals surface area contributed by atoms with E-state index in [2.05, 4.69) is 76.8 Å². The quantitative estimate of drug-likeness (QED) is 0.344. The second kappa shape index (κ2) is 9.25. The van der Waals surface area contributed by atoms with Gasteiger partial charge in [0.15, 0.2) is 0 Å². The molecule has 4 rings (SSSR count). The second-order valence-electron chi connectivity index (χ2n) is 8.00. The number of hydrogen-bond acceptors (Lipinski definition) is 3. The van der Waals surface area contributed by atoms with E-state index in [4.69, 9.17) is 9.72 Å². The lowest BCUT2D eigenvalue weighted by molar-refractivity contribution is 0.278. The molecule has 3 aromatic carbocycles. The molecule has 0 amide bonds. The minimum absolute atomic E-state index is 0.0229. The maximum absolute atomic E-state index is 9.77. The molecule has 0 saturated heterocycles. The molecule has 0 fully saturated rings. The molecule has 1 heterocycles. The SMILES string of the molecule is COc1cc(Cc2ccccc2)c(Br)c2nc(-c3ccc(C(C)C)cc3)n(CCO)c12. The highest BCUT2D eigenvalue weighted by atomic mass is 79.9. The highest BCUT2D eigenvalue weighted by molar-refractivity contribution is 9.10. The van der Waals surface area contributed by atoms with Crippen LogP contribution in [-0.4, -0.2) is 28.4 Å². The molecule has 0 aliphatic heterocycles. The minimum Gasteiger partial charge on any atom is -0.494 e. The third-order valence-electron chi connectivity index (χ3n) is 5.61. The van der Waals surface area contributed by atoms with Crippen molar-refractivity contribution >= 4 is 27.0 Å². The Morgan fingerprint density at radius 1 is 1.06 bits per heavy atom. The average molecular weight is 479 g/mol. The summed E-state index contributed by atoms with van der Waals surface area (Å²) in [6.07, 6.45) is 0.777. The Morgan fingerprint density at radius 3 is 2.39 bits per heavy atom. The zero-order valence-corrected chi connectivity index (χ0v) is 19.7. The number of ether oxygens (including phenoxy) is 1. The molecule has 0 spiro atoms. The van der Waals surface area contributed by atoms with Crippen LogP contribution in [0.5, 0.6) is 5.75 Å². The van der Waals surface area contributed by atoms with Crippen molar-refractivity contribution in [1.82, 2.24) is 9.55 Å². The number of imidazole rings is 1. The van der Waals surface area contributed by atoms with Crippen molar-refractivity contribution in [3.05, 3.63) is 81.8 Å².